The third-order valence-corrected chi connectivity index (χ3v) is 5.93. The van der Waals surface area contributed by atoms with E-state index in [0.717, 1.165) is 11.1 Å². The van der Waals surface area contributed by atoms with Crippen LogP contribution in [0.4, 0.5) is 0 Å². The maximum Gasteiger partial charge on any atom is 0.247 e. The van der Waals surface area contributed by atoms with Gasteiger partial charge in [0, 0.05) is 22.8 Å². The van der Waals surface area contributed by atoms with Crippen molar-refractivity contribution in [2.45, 2.75) is 0 Å². The lowest BCUT2D eigenvalue weighted by molar-refractivity contribution is -0.126. The highest BCUT2D eigenvalue weighted by Crippen LogP contribution is 2.32. The molecule has 3 aromatic rings. The molecule has 2 aliphatic heterocycles. The summed E-state index contributed by atoms with van der Waals surface area (Å²) in [5.41, 5.74) is 3.17. The molecule has 1 amide bonds. The van der Waals surface area contributed by atoms with E-state index in [1.54, 1.807) is 23.1 Å². The summed E-state index contributed by atoms with van der Waals surface area (Å²) in [6.45, 7) is 0.426. The van der Waals surface area contributed by atoms with Crippen LogP contribution in [-0.2, 0) is 9.59 Å². The van der Waals surface area contributed by atoms with Gasteiger partial charge in [-0.25, -0.2) is 0 Å². The van der Waals surface area contributed by atoms with Gasteiger partial charge in [-0.05, 0) is 47.6 Å². The van der Waals surface area contributed by atoms with E-state index in [1.165, 1.54) is 12.2 Å². The predicted molar refractivity (Wildman–Crippen MR) is 136 cm³/mol. The molecule has 6 nitrogen and oxygen atoms in total. The molecule has 0 aliphatic carbocycles. The summed E-state index contributed by atoms with van der Waals surface area (Å²) in [5, 5.41) is 0. The highest BCUT2D eigenvalue weighted by Gasteiger charge is 2.28. The number of rotatable bonds is 5. The molecule has 0 radical (unpaired) electrons. The summed E-state index contributed by atoms with van der Waals surface area (Å²) in [4.78, 5) is 40.6. The molecule has 0 bridgehead atoms. The first-order valence-corrected chi connectivity index (χ1v) is 11.5. The number of hydrogen-bond acceptors (Lipinski definition) is 5. The van der Waals surface area contributed by atoms with E-state index in [9.17, 15) is 14.4 Å². The fourth-order valence-electron chi connectivity index (χ4n) is 4.09. The summed E-state index contributed by atoms with van der Waals surface area (Å²) >= 11 is 0. The molecule has 1 saturated heterocycles. The van der Waals surface area contributed by atoms with Crippen LogP contribution in [0.5, 0.6) is 11.5 Å². The number of benzene rings is 3. The average Bonchev–Trinajstić information content (AvgIpc) is 3.38. The molecule has 3 aromatic carbocycles. The molecule has 0 N–H and O–H groups in total. The third-order valence-electron chi connectivity index (χ3n) is 5.93. The second kappa shape index (κ2) is 10.3. The van der Waals surface area contributed by atoms with E-state index in [1.807, 2.05) is 72.8 Å². The van der Waals surface area contributed by atoms with Gasteiger partial charge in [0.15, 0.2) is 23.1 Å². The van der Waals surface area contributed by atoms with Gasteiger partial charge in [-0.1, -0.05) is 60.7 Å². The summed E-state index contributed by atoms with van der Waals surface area (Å²) in [5.74, 6) is 0.318. The van der Waals surface area contributed by atoms with Crippen LogP contribution in [0.15, 0.2) is 102 Å². The molecule has 1 fully saturated rings. The Morgan fingerprint density at radius 3 is 1.92 bits per heavy atom. The van der Waals surface area contributed by atoms with Crippen molar-refractivity contribution in [2.75, 3.05) is 19.9 Å². The van der Waals surface area contributed by atoms with Crippen LogP contribution < -0.4 is 9.47 Å². The van der Waals surface area contributed by atoms with E-state index in [0.29, 0.717) is 28.2 Å². The van der Waals surface area contributed by atoms with Crippen molar-refractivity contribution >= 4 is 29.6 Å². The fourth-order valence-corrected chi connectivity index (χ4v) is 4.09. The Morgan fingerprint density at radius 1 is 0.722 bits per heavy atom. The third kappa shape index (κ3) is 5.18. The minimum absolute atomic E-state index is 0.0906. The Morgan fingerprint density at radius 2 is 1.31 bits per heavy atom. The normalized spacial score (nSPS) is 17.2. The van der Waals surface area contributed by atoms with Crippen molar-refractivity contribution < 1.29 is 23.9 Å². The van der Waals surface area contributed by atoms with Gasteiger partial charge in [-0.2, -0.15) is 0 Å². The molecule has 5 rings (SSSR count). The van der Waals surface area contributed by atoms with Crippen molar-refractivity contribution in [3.05, 3.63) is 119 Å². The van der Waals surface area contributed by atoms with Crippen LogP contribution in [0, 0.1) is 0 Å². The number of Topliss-reactive ketones (excluding diaryl/α,β-unsaturated/α-hetero) is 1. The van der Waals surface area contributed by atoms with E-state index < -0.39 is 0 Å². The number of piperidine rings is 1. The van der Waals surface area contributed by atoms with E-state index in [-0.39, 0.29) is 37.4 Å². The van der Waals surface area contributed by atoms with Gasteiger partial charge in [-0.3, -0.25) is 14.4 Å². The largest absolute Gasteiger partial charge is 0.454 e. The molecule has 2 aliphatic rings. The van der Waals surface area contributed by atoms with E-state index in [4.69, 9.17) is 9.47 Å². The molecule has 0 unspecified atom stereocenters. The van der Waals surface area contributed by atoms with Crippen LogP contribution in [0.1, 0.15) is 21.5 Å². The van der Waals surface area contributed by atoms with Crippen molar-refractivity contribution in [3.63, 3.8) is 0 Å². The Balaban J connectivity index is 1.39. The van der Waals surface area contributed by atoms with Gasteiger partial charge < -0.3 is 14.4 Å². The predicted octanol–water partition coefficient (Wildman–Crippen LogP) is 4.73. The Kier molecular flexibility index (Phi) is 6.58. The number of ketones is 2. The number of amides is 1. The minimum atomic E-state index is -0.352. The quantitative estimate of drug-likeness (QED) is 0.392. The Labute approximate surface area is 208 Å². The fraction of sp³-hybridized carbons (Fsp3) is 0.100. The zero-order chi connectivity index (χ0) is 24.9. The number of nitrogens with zero attached hydrogens (tertiary/aromatic N) is 1. The summed E-state index contributed by atoms with van der Waals surface area (Å²) in [7, 11) is 0. The number of likely N-dealkylation sites (tertiary alicyclic amines) is 1. The zero-order valence-electron chi connectivity index (χ0n) is 19.4. The van der Waals surface area contributed by atoms with Crippen LogP contribution in [-0.4, -0.2) is 42.3 Å². The number of carbonyl (C=O) groups excluding carboxylic acids is 3. The molecule has 2 heterocycles. The molecular formula is C30H23NO5. The van der Waals surface area contributed by atoms with Crippen molar-refractivity contribution in [3.8, 4) is 11.5 Å². The molecule has 0 saturated carbocycles. The highest BCUT2D eigenvalue weighted by molar-refractivity contribution is 6.16. The molecule has 178 valence electrons. The number of carbonyl (C=O) groups is 3. The van der Waals surface area contributed by atoms with Gasteiger partial charge in [0.2, 0.25) is 12.7 Å². The smallest absolute Gasteiger partial charge is 0.247 e. The number of fused-ring (bicyclic) bond motifs is 1. The van der Waals surface area contributed by atoms with Gasteiger partial charge >= 0.3 is 0 Å². The van der Waals surface area contributed by atoms with E-state index in [2.05, 4.69) is 0 Å². The van der Waals surface area contributed by atoms with E-state index >= 15 is 0 Å². The Hall–Kier alpha value is -4.71. The first-order valence-electron chi connectivity index (χ1n) is 11.5. The maximum atomic E-state index is 13.3. The second-order valence-corrected chi connectivity index (χ2v) is 8.45. The molecule has 0 aromatic heterocycles. The molecule has 36 heavy (non-hydrogen) atoms. The summed E-state index contributed by atoms with van der Waals surface area (Å²) in [6.07, 6.45) is 6.12. The molecular weight excluding hydrogens is 454 g/mol. The second-order valence-electron chi connectivity index (χ2n) is 8.45. The minimum Gasteiger partial charge on any atom is -0.454 e. The van der Waals surface area contributed by atoms with Crippen LogP contribution in [0.3, 0.4) is 0 Å². The lowest BCUT2D eigenvalue weighted by Crippen LogP contribution is -2.40. The SMILES string of the molecule is O=C1/C(=C/c2ccccc2)CN(C(=O)/C=C/C(=O)c2ccc3c(c2)OCO3)C/C1=C\c1ccccc1. The molecule has 0 spiro atoms. The van der Waals surface area contributed by atoms with Crippen LogP contribution in [0.2, 0.25) is 0 Å². The average molecular weight is 478 g/mol. The van der Waals surface area contributed by atoms with Crippen LogP contribution >= 0.6 is 0 Å². The summed E-state index contributed by atoms with van der Waals surface area (Å²) in [6, 6.07) is 23.9. The first-order chi connectivity index (χ1) is 17.6. The standard InChI is InChI=1S/C30H23NO5/c32-26(23-11-13-27-28(17-23)36-20-35-27)12-14-29(33)31-18-24(15-21-7-3-1-4-8-21)30(34)25(19-31)16-22-9-5-2-6-10-22/h1-17H,18-20H2/b14-12+,24-15+,25-16+. The summed E-state index contributed by atoms with van der Waals surface area (Å²) < 4.78 is 10.6. The van der Waals surface area contributed by atoms with Gasteiger partial charge in [0.1, 0.15) is 0 Å². The van der Waals surface area contributed by atoms with Gasteiger partial charge in [-0.15, -0.1) is 0 Å². The lowest BCUT2D eigenvalue weighted by atomic mass is 9.94. The van der Waals surface area contributed by atoms with Crippen molar-refractivity contribution in [1.29, 1.82) is 0 Å². The van der Waals surface area contributed by atoms with Crippen molar-refractivity contribution in [1.82, 2.24) is 4.90 Å². The zero-order valence-corrected chi connectivity index (χ0v) is 19.4. The number of hydrogen-bond donors (Lipinski definition) is 0. The topological polar surface area (TPSA) is 72.9 Å². The van der Waals surface area contributed by atoms with Gasteiger partial charge in [0.05, 0.1) is 13.1 Å². The Bertz CT molecular complexity index is 1340. The van der Waals surface area contributed by atoms with Crippen LogP contribution in [0.25, 0.3) is 12.2 Å². The molecule has 6 heteroatoms. The number of ether oxygens (including phenoxy) is 2. The highest BCUT2D eigenvalue weighted by atomic mass is 16.7. The maximum absolute atomic E-state index is 13.3. The first kappa shape index (κ1) is 23.1. The lowest BCUT2D eigenvalue weighted by Gasteiger charge is -2.29. The van der Waals surface area contributed by atoms with Crippen molar-refractivity contribution in [2.24, 2.45) is 0 Å². The molecule has 0 atom stereocenters. The monoisotopic (exact) mass is 477 g/mol. The number of allylic oxidation sites excluding steroid dienone is 1. The van der Waals surface area contributed by atoms with Gasteiger partial charge in [0.25, 0.3) is 0 Å².